The van der Waals surface area contributed by atoms with Gasteiger partial charge in [0.15, 0.2) is 0 Å². The monoisotopic (exact) mass is 322 g/mol. The molecule has 2 heterocycles. The van der Waals surface area contributed by atoms with Gasteiger partial charge in [-0.15, -0.1) is 0 Å². The topological polar surface area (TPSA) is 60.4 Å². The quantitative estimate of drug-likeness (QED) is 0.692. The normalized spacial score (nSPS) is 22.5. The van der Waals surface area contributed by atoms with E-state index in [0.29, 0.717) is 12.5 Å². The molecular formula is C15H21N3O3P+. The molecule has 1 aliphatic heterocycles. The Kier molecular flexibility index (Phi) is 4.43. The average Bonchev–Trinajstić information content (AvgIpc) is 2.97. The standard InChI is InChI=1S/C15H21N3O3P/c1-12-9-10-19-22(21-12)16-14-11-18(17-20-14)15(2,3)13-7-5-4-6-8-13/h4-8,11-12,16H,9-10H2,1-3H3/q+1. The van der Waals surface area contributed by atoms with E-state index in [2.05, 4.69) is 36.3 Å². The Hall–Kier alpha value is -1.49. The van der Waals surface area contributed by atoms with Crippen LogP contribution in [-0.4, -0.2) is 18.0 Å². The minimum atomic E-state index is -1.16. The zero-order valence-electron chi connectivity index (χ0n) is 13.0. The van der Waals surface area contributed by atoms with Crippen LogP contribution in [0.4, 0.5) is 5.88 Å². The Labute approximate surface area is 131 Å². The van der Waals surface area contributed by atoms with Gasteiger partial charge in [-0.1, -0.05) is 30.3 Å². The van der Waals surface area contributed by atoms with E-state index in [0.717, 1.165) is 12.0 Å². The minimum absolute atomic E-state index is 0.197. The van der Waals surface area contributed by atoms with Gasteiger partial charge in [-0.2, -0.15) is 0 Å². The van der Waals surface area contributed by atoms with E-state index in [1.807, 2.05) is 31.3 Å². The molecule has 0 bridgehead atoms. The highest BCUT2D eigenvalue weighted by molar-refractivity contribution is 7.49. The Morgan fingerprint density at radius 1 is 1.32 bits per heavy atom. The van der Waals surface area contributed by atoms with Crippen molar-refractivity contribution in [1.82, 2.24) is 5.27 Å². The van der Waals surface area contributed by atoms with E-state index in [-0.39, 0.29) is 11.6 Å². The fourth-order valence-corrected chi connectivity index (χ4v) is 3.39. The molecule has 22 heavy (non-hydrogen) atoms. The number of nitrogens with zero attached hydrogens (tertiary/aromatic N) is 2. The fourth-order valence-electron chi connectivity index (χ4n) is 2.23. The van der Waals surface area contributed by atoms with Crippen LogP contribution in [0.1, 0.15) is 32.8 Å². The van der Waals surface area contributed by atoms with Crippen LogP contribution < -0.4 is 9.77 Å². The third-order valence-corrected chi connectivity index (χ3v) is 5.10. The number of rotatable bonds is 4. The molecule has 0 aliphatic carbocycles. The molecule has 1 aromatic heterocycles. The number of hydrogen-bond donors (Lipinski definition) is 1. The van der Waals surface area contributed by atoms with Crippen molar-refractivity contribution in [3.05, 3.63) is 42.1 Å². The average molecular weight is 322 g/mol. The van der Waals surface area contributed by atoms with Gasteiger partial charge in [0.25, 0.3) is 14.7 Å². The van der Waals surface area contributed by atoms with Crippen molar-refractivity contribution in [3.8, 4) is 0 Å². The molecule has 7 heteroatoms. The van der Waals surface area contributed by atoms with Crippen molar-refractivity contribution in [2.75, 3.05) is 11.7 Å². The number of nitrogens with one attached hydrogen (secondary N) is 1. The Balaban J connectivity index is 1.73. The van der Waals surface area contributed by atoms with Crippen LogP contribution in [-0.2, 0) is 14.6 Å². The van der Waals surface area contributed by atoms with Crippen LogP contribution in [0.25, 0.3) is 0 Å². The van der Waals surface area contributed by atoms with Crippen molar-refractivity contribution in [3.63, 3.8) is 0 Å². The highest BCUT2D eigenvalue weighted by Crippen LogP contribution is 2.43. The largest absolute Gasteiger partial charge is 0.317 e. The van der Waals surface area contributed by atoms with Crippen LogP contribution >= 0.6 is 8.53 Å². The lowest BCUT2D eigenvalue weighted by Crippen LogP contribution is -2.54. The fraction of sp³-hybridized carbons (Fsp3) is 0.467. The van der Waals surface area contributed by atoms with Gasteiger partial charge < -0.3 is 9.05 Å². The highest BCUT2D eigenvalue weighted by atomic mass is 31.2. The lowest BCUT2D eigenvalue weighted by atomic mass is 9.95. The SMILES string of the molecule is CC1CCOP(Nc2c[n+](C(C)(C)c3ccccc3)no2)O1. The molecule has 1 saturated heterocycles. The van der Waals surface area contributed by atoms with E-state index in [1.54, 1.807) is 4.68 Å². The van der Waals surface area contributed by atoms with E-state index < -0.39 is 8.53 Å². The molecule has 1 N–H and O–H groups in total. The summed E-state index contributed by atoms with van der Waals surface area (Å²) in [5, 5.41) is 7.25. The molecule has 0 amide bonds. The van der Waals surface area contributed by atoms with Crippen molar-refractivity contribution in [2.45, 2.75) is 38.8 Å². The molecule has 2 atom stereocenters. The third-order valence-electron chi connectivity index (χ3n) is 3.73. The summed E-state index contributed by atoms with van der Waals surface area (Å²) in [6.07, 6.45) is 2.95. The zero-order chi connectivity index (χ0) is 15.6. The molecule has 6 nitrogen and oxygen atoms in total. The van der Waals surface area contributed by atoms with E-state index in [4.69, 9.17) is 13.6 Å². The second kappa shape index (κ2) is 6.32. The predicted molar refractivity (Wildman–Crippen MR) is 83.2 cm³/mol. The van der Waals surface area contributed by atoms with Gasteiger partial charge in [-0.25, -0.2) is 0 Å². The van der Waals surface area contributed by atoms with Crippen LogP contribution in [0.3, 0.4) is 0 Å². The number of hydrogen-bond acceptors (Lipinski definition) is 5. The van der Waals surface area contributed by atoms with Crippen molar-refractivity contribution in [2.24, 2.45) is 0 Å². The summed E-state index contributed by atoms with van der Waals surface area (Å²) < 4.78 is 18.4. The summed E-state index contributed by atoms with van der Waals surface area (Å²) in [6, 6.07) is 10.2. The first-order valence-electron chi connectivity index (χ1n) is 7.37. The number of anilines is 1. The van der Waals surface area contributed by atoms with Crippen molar-refractivity contribution >= 4 is 14.4 Å². The maximum atomic E-state index is 5.70. The van der Waals surface area contributed by atoms with Gasteiger partial charge in [-0.3, -0.25) is 9.61 Å². The smallest absolute Gasteiger partial charge is 0.302 e. The summed E-state index contributed by atoms with van der Waals surface area (Å²) >= 11 is 0. The Morgan fingerprint density at radius 3 is 2.82 bits per heavy atom. The minimum Gasteiger partial charge on any atom is -0.317 e. The maximum absolute atomic E-state index is 5.70. The Bertz CT molecular complexity index is 618. The first kappa shape index (κ1) is 15.4. The molecule has 1 fully saturated rings. The second-order valence-corrected chi connectivity index (χ2v) is 7.05. The van der Waals surface area contributed by atoms with Crippen LogP contribution in [0.15, 0.2) is 41.1 Å². The van der Waals surface area contributed by atoms with Gasteiger partial charge in [0.05, 0.1) is 12.7 Å². The lowest BCUT2D eigenvalue weighted by molar-refractivity contribution is -0.807. The molecular weight excluding hydrogens is 301 g/mol. The van der Waals surface area contributed by atoms with Gasteiger partial charge in [-0.05, 0) is 18.0 Å². The first-order valence-corrected chi connectivity index (χ1v) is 8.54. The summed E-state index contributed by atoms with van der Waals surface area (Å²) in [5.74, 6) is 0.546. The molecule has 2 unspecified atom stereocenters. The Morgan fingerprint density at radius 2 is 2.09 bits per heavy atom. The zero-order valence-corrected chi connectivity index (χ0v) is 13.9. The molecule has 0 saturated carbocycles. The number of aromatic nitrogens is 2. The summed E-state index contributed by atoms with van der Waals surface area (Å²) in [7, 11) is -1.16. The van der Waals surface area contributed by atoms with Gasteiger partial charge in [0.1, 0.15) is 0 Å². The molecule has 118 valence electrons. The highest BCUT2D eigenvalue weighted by Gasteiger charge is 2.36. The van der Waals surface area contributed by atoms with Crippen molar-refractivity contribution < 1.29 is 18.3 Å². The predicted octanol–water partition coefficient (Wildman–Crippen LogP) is 3.21. The summed E-state index contributed by atoms with van der Waals surface area (Å²) in [6.45, 7) is 6.92. The molecule has 0 radical (unpaired) electrons. The maximum Gasteiger partial charge on any atom is 0.302 e. The first-order chi connectivity index (χ1) is 10.6. The molecule has 3 rings (SSSR count). The van der Waals surface area contributed by atoms with Gasteiger partial charge in [0.2, 0.25) is 10.8 Å². The van der Waals surface area contributed by atoms with Crippen LogP contribution in [0.5, 0.6) is 0 Å². The van der Waals surface area contributed by atoms with Crippen LogP contribution in [0, 0.1) is 0 Å². The lowest BCUT2D eigenvalue weighted by Gasteiger charge is -2.25. The van der Waals surface area contributed by atoms with E-state index >= 15 is 0 Å². The van der Waals surface area contributed by atoms with Gasteiger partial charge in [0, 0.05) is 19.4 Å². The number of benzene rings is 1. The van der Waals surface area contributed by atoms with E-state index in [1.165, 1.54) is 0 Å². The summed E-state index contributed by atoms with van der Waals surface area (Å²) in [4.78, 5) is 0. The van der Waals surface area contributed by atoms with Crippen LogP contribution in [0.2, 0.25) is 0 Å². The van der Waals surface area contributed by atoms with Gasteiger partial charge >= 0.3 is 5.88 Å². The van der Waals surface area contributed by atoms with E-state index in [9.17, 15) is 0 Å². The third kappa shape index (κ3) is 3.29. The summed E-state index contributed by atoms with van der Waals surface area (Å²) in [5.41, 5.74) is 0.851. The van der Waals surface area contributed by atoms with Crippen molar-refractivity contribution in [1.29, 1.82) is 0 Å². The second-order valence-electron chi connectivity index (χ2n) is 5.84. The molecule has 1 aliphatic rings. The molecule has 0 spiro atoms. The molecule has 2 aromatic rings. The molecule has 1 aromatic carbocycles.